The summed E-state index contributed by atoms with van der Waals surface area (Å²) >= 11 is 0. The van der Waals surface area contributed by atoms with Gasteiger partial charge in [0.1, 0.15) is 5.75 Å². The van der Waals surface area contributed by atoms with Crippen molar-refractivity contribution >= 4 is 16.9 Å². The van der Waals surface area contributed by atoms with Crippen molar-refractivity contribution in [3.05, 3.63) is 60.0 Å². The molecule has 7 heteroatoms. The first-order valence-electron chi connectivity index (χ1n) is 12.1. The lowest BCUT2D eigenvalue weighted by molar-refractivity contribution is -0.139. The van der Waals surface area contributed by atoms with Gasteiger partial charge >= 0.3 is 5.97 Å². The van der Waals surface area contributed by atoms with Crippen LogP contribution < -0.4 is 4.74 Å². The molecule has 0 amide bonds. The second-order valence-corrected chi connectivity index (χ2v) is 9.39. The first kappa shape index (κ1) is 24.8. The molecule has 0 unspecified atom stereocenters. The molecule has 1 aromatic carbocycles. The predicted molar refractivity (Wildman–Crippen MR) is 135 cm³/mol. The number of aryl methyl sites for hydroxylation is 1. The Morgan fingerprint density at radius 3 is 2.89 bits per heavy atom. The van der Waals surface area contributed by atoms with Crippen LogP contribution in [0.3, 0.4) is 0 Å². The van der Waals surface area contributed by atoms with E-state index < -0.39 is 12.1 Å². The van der Waals surface area contributed by atoms with E-state index in [2.05, 4.69) is 21.7 Å². The van der Waals surface area contributed by atoms with Crippen LogP contribution in [0.5, 0.6) is 5.75 Å². The normalized spacial score (nSPS) is 19.2. The smallest absolute Gasteiger partial charge is 0.303 e. The predicted octanol–water partition coefficient (Wildman–Crippen LogP) is 3.86. The Labute approximate surface area is 206 Å². The summed E-state index contributed by atoms with van der Waals surface area (Å²) in [6.07, 6.45) is 7.42. The van der Waals surface area contributed by atoms with Gasteiger partial charge in [-0.15, -0.1) is 0 Å². The molecule has 184 valence electrons. The number of hydrogen-bond acceptors (Lipinski definition) is 5. The van der Waals surface area contributed by atoms with Crippen molar-refractivity contribution < 1.29 is 19.7 Å². The summed E-state index contributed by atoms with van der Waals surface area (Å²) in [7, 11) is 3.59. The van der Waals surface area contributed by atoms with E-state index in [-0.39, 0.29) is 18.3 Å². The standard InChI is InChI=1S/C28H33N3O4/c1-30-14-10-20(18-30)4-3-13-31-15-11-21(22(19-31)16-28(33)34)5-8-27(32)24-9-12-29-26-7-6-23(35-2)17-25(24)26/h6-7,9-10,12,14,17-18,21-22,27,32H,5,8,11,13,15-16,19H2,1-2H3,(H,33,34)/t21-,22+,27+/m1/s1. The van der Waals surface area contributed by atoms with Gasteiger partial charge in [0.2, 0.25) is 0 Å². The summed E-state index contributed by atoms with van der Waals surface area (Å²) in [6, 6.07) is 9.50. The Morgan fingerprint density at radius 2 is 2.14 bits per heavy atom. The average molecular weight is 476 g/mol. The third kappa shape index (κ3) is 6.41. The van der Waals surface area contributed by atoms with Gasteiger partial charge in [0, 0.05) is 49.6 Å². The summed E-state index contributed by atoms with van der Waals surface area (Å²) in [4.78, 5) is 18.2. The Morgan fingerprint density at radius 1 is 1.29 bits per heavy atom. The summed E-state index contributed by atoms with van der Waals surface area (Å²) in [5, 5.41) is 21.4. The fourth-order valence-electron chi connectivity index (χ4n) is 5.06. The number of nitrogens with zero attached hydrogens (tertiary/aromatic N) is 3. The number of rotatable bonds is 8. The second-order valence-electron chi connectivity index (χ2n) is 9.39. The van der Waals surface area contributed by atoms with Gasteiger partial charge in [0.25, 0.3) is 0 Å². The highest BCUT2D eigenvalue weighted by atomic mass is 16.5. The SMILES string of the molecule is COc1ccc2nccc([C@@H](O)CC[C@@H]3CCN(CC#Cc4ccn(C)c4)C[C@@H]3CC(=O)O)c2c1. The van der Waals surface area contributed by atoms with Gasteiger partial charge in [-0.1, -0.05) is 11.8 Å². The monoisotopic (exact) mass is 475 g/mol. The number of likely N-dealkylation sites (tertiary alicyclic amines) is 1. The first-order valence-corrected chi connectivity index (χ1v) is 12.1. The van der Waals surface area contributed by atoms with Gasteiger partial charge in [-0.2, -0.15) is 0 Å². The van der Waals surface area contributed by atoms with Crippen molar-refractivity contribution in [2.45, 2.75) is 31.8 Å². The van der Waals surface area contributed by atoms with E-state index in [1.165, 1.54) is 0 Å². The highest BCUT2D eigenvalue weighted by Crippen LogP contribution is 2.34. The van der Waals surface area contributed by atoms with Crippen LogP contribution in [0.15, 0.2) is 48.9 Å². The molecule has 1 saturated heterocycles. The van der Waals surface area contributed by atoms with Crippen LogP contribution in [0.25, 0.3) is 10.9 Å². The van der Waals surface area contributed by atoms with Crippen molar-refractivity contribution in [1.82, 2.24) is 14.5 Å². The number of aliphatic hydroxyl groups excluding tert-OH is 1. The van der Waals surface area contributed by atoms with Gasteiger partial charge in [0.05, 0.1) is 25.3 Å². The van der Waals surface area contributed by atoms with E-state index in [4.69, 9.17) is 4.74 Å². The zero-order valence-electron chi connectivity index (χ0n) is 20.4. The molecule has 0 radical (unpaired) electrons. The van der Waals surface area contributed by atoms with E-state index in [9.17, 15) is 15.0 Å². The minimum atomic E-state index is -0.773. The number of carbonyl (C=O) groups is 1. The molecule has 3 atom stereocenters. The minimum Gasteiger partial charge on any atom is -0.497 e. The van der Waals surface area contributed by atoms with E-state index in [0.717, 1.165) is 47.2 Å². The van der Waals surface area contributed by atoms with E-state index in [1.807, 2.05) is 54.3 Å². The number of ether oxygens (including phenoxy) is 1. The van der Waals surface area contributed by atoms with Crippen LogP contribution in [0.2, 0.25) is 0 Å². The number of piperidine rings is 1. The van der Waals surface area contributed by atoms with Crippen LogP contribution in [0.4, 0.5) is 0 Å². The maximum absolute atomic E-state index is 11.6. The van der Waals surface area contributed by atoms with Gasteiger partial charge in [-0.3, -0.25) is 14.7 Å². The number of methoxy groups -OCH3 is 1. The minimum absolute atomic E-state index is 0.0428. The summed E-state index contributed by atoms with van der Waals surface area (Å²) in [5.74, 6) is 6.66. The zero-order chi connectivity index (χ0) is 24.8. The second kappa shape index (κ2) is 11.4. The number of hydrogen-bond donors (Lipinski definition) is 2. The van der Waals surface area contributed by atoms with Gasteiger partial charge in [0.15, 0.2) is 0 Å². The molecule has 35 heavy (non-hydrogen) atoms. The lowest BCUT2D eigenvalue weighted by Gasteiger charge is -2.37. The fraction of sp³-hybridized carbons (Fsp3) is 0.429. The molecule has 0 spiro atoms. The van der Waals surface area contributed by atoms with Crippen molar-refractivity contribution in [3.63, 3.8) is 0 Å². The van der Waals surface area contributed by atoms with Crippen molar-refractivity contribution in [3.8, 4) is 17.6 Å². The highest BCUT2D eigenvalue weighted by Gasteiger charge is 2.31. The van der Waals surface area contributed by atoms with E-state index in [0.29, 0.717) is 19.5 Å². The molecule has 1 aliphatic rings. The van der Waals surface area contributed by atoms with Crippen LogP contribution >= 0.6 is 0 Å². The Kier molecular flexibility index (Phi) is 8.06. The Hall–Kier alpha value is -3.34. The molecule has 3 heterocycles. The van der Waals surface area contributed by atoms with E-state index in [1.54, 1.807) is 13.3 Å². The lowest BCUT2D eigenvalue weighted by atomic mass is 9.79. The fourth-order valence-corrected chi connectivity index (χ4v) is 5.06. The van der Waals surface area contributed by atoms with Crippen LogP contribution in [0.1, 0.15) is 42.9 Å². The Balaban J connectivity index is 1.39. The highest BCUT2D eigenvalue weighted by molar-refractivity contribution is 5.83. The lowest BCUT2D eigenvalue weighted by Crippen LogP contribution is -2.41. The molecule has 1 aliphatic heterocycles. The molecule has 7 nitrogen and oxygen atoms in total. The van der Waals surface area contributed by atoms with Crippen LogP contribution in [-0.2, 0) is 11.8 Å². The number of aliphatic hydroxyl groups is 1. The zero-order valence-corrected chi connectivity index (χ0v) is 20.4. The molecule has 4 rings (SSSR count). The molecule has 3 aromatic rings. The number of benzene rings is 1. The molecule has 2 N–H and O–H groups in total. The van der Waals surface area contributed by atoms with Crippen molar-refractivity contribution in [1.29, 1.82) is 0 Å². The quantitative estimate of drug-likeness (QED) is 0.481. The topological polar surface area (TPSA) is 87.8 Å². The first-order chi connectivity index (χ1) is 16.9. The molecule has 2 aromatic heterocycles. The molecule has 0 aliphatic carbocycles. The molecular formula is C28H33N3O4. The van der Waals surface area contributed by atoms with Gasteiger partial charge in [-0.25, -0.2) is 0 Å². The number of pyridine rings is 1. The molecule has 1 fully saturated rings. The van der Waals surface area contributed by atoms with Crippen molar-refractivity contribution in [2.24, 2.45) is 18.9 Å². The Bertz CT molecular complexity index is 1230. The number of aliphatic carboxylic acids is 1. The maximum atomic E-state index is 11.6. The van der Waals surface area contributed by atoms with Crippen LogP contribution in [0, 0.1) is 23.7 Å². The number of fused-ring (bicyclic) bond motifs is 1. The largest absolute Gasteiger partial charge is 0.497 e. The summed E-state index contributed by atoms with van der Waals surface area (Å²) in [6.45, 7) is 2.23. The number of carboxylic acid groups (broad SMARTS) is 1. The van der Waals surface area contributed by atoms with E-state index >= 15 is 0 Å². The third-order valence-electron chi connectivity index (χ3n) is 6.93. The maximum Gasteiger partial charge on any atom is 0.303 e. The van der Waals surface area contributed by atoms with Gasteiger partial charge < -0.3 is 19.5 Å². The molecular weight excluding hydrogens is 442 g/mol. The van der Waals surface area contributed by atoms with Gasteiger partial charge in [-0.05, 0) is 73.5 Å². The molecule has 0 bridgehead atoms. The summed E-state index contributed by atoms with van der Waals surface area (Å²) in [5.41, 5.74) is 2.63. The van der Waals surface area contributed by atoms with Crippen molar-refractivity contribution in [2.75, 3.05) is 26.7 Å². The van der Waals surface area contributed by atoms with Crippen LogP contribution in [-0.4, -0.2) is 57.4 Å². The third-order valence-corrected chi connectivity index (χ3v) is 6.93. The number of aromatic nitrogens is 2. The summed E-state index contributed by atoms with van der Waals surface area (Å²) < 4.78 is 7.32. The number of carboxylic acids is 1. The molecule has 0 saturated carbocycles. The average Bonchev–Trinajstić information content (AvgIpc) is 3.27.